The zero-order valence-corrected chi connectivity index (χ0v) is 17.2. The van der Waals surface area contributed by atoms with Gasteiger partial charge < -0.3 is 4.74 Å². The predicted molar refractivity (Wildman–Crippen MR) is 114 cm³/mol. The fourth-order valence-corrected chi connectivity index (χ4v) is 3.62. The summed E-state index contributed by atoms with van der Waals surface area (Å²) in [4.78, 5) is 42.2. The van der Waals surface area contributed by atoms with Gasteiger partial charge in [0.2, 0.25) is 5.78 Å². The first kappa shape index (κ1) is 20.0. The number of benzene rings is 2. The molecule has 0 unspecified atom stereocenters. The van der Waals surface area contributed by atoms with Gasteiger partial charge in [0.15, 0.2) is 6.61 Å². The first-order valence-electron chi connectivity index (χ1n) is 10.2. The molecule has 6 heteroatoms. The van der Waals surface area contributed by atoms with Crippen molar-refractivity contribution in [1.29, 1.82) is 0 Å². The molecule has 1 heterocycles. The van der Waals surface area contributed by atoms with Gasteiger partial charge in [0.1, 0.15) is 5.82 Å². The number of aryl methyl sites for hydroxylation is 3. The van der Waals surface area contributed by atoms with Gasteiger partial charge in [-0.2, -0.15) is 0 Å². The quantitative estimate of drug-likeness (QED) is 0.443. The number of esters is 1. The molecule has 2 aromatic carbocycles. The summed E-state index contributed by atoms with van der Waals surface area (Å²) in [5, 5.41) is 0.592. The highest BCUT2D eigenvalue weighted by Crippen LogP contribution is 2.34. The standard InChI is InChI=1S/C24H24N2O4/c1-15-7-8-16(2)19(13-15)21(27)14-30-23(28)12-11-22-25-20-6-4-3-5-18(20)24(29)26(22)17-9-10-17/h3-8,13,17H,9-12,14H2,1-2H3. The van der Waals surface area contributed by atoms with Gasteiger partial charge in [0, 0.05) is 18.0 Å². The molecule has 1 aliphatic carbocycles. The largest absolute Gasteiger partial charge is 0.457 e. The average Bonchev–Trinajstić information content (AvgIpc) is 3.57. The van der Waals surface area contributed by atoms with Crippen molar-refractivity contribution < 1.29 is 14.3 Å². The van der Waals surface area contributed by atoms with E-state index >= 15 is 0 Å². The van der Waals surface area contributed by atoms with Gasteiger partial charge in [-0.1, -0.05) is 29.8 Å². The maximum Gasteiger partial charge on any atom is 0.306 e. The van der Waals surface area contributed by atoms with Crippen molar-refractivity contribution in [3.05, 3.63) is 75.3 Å². The minimum Gasteiger partial charge on any atom is -0.457 e. The Labute approximate surface area is 174 Å². The van der Waals surface area contributed by atoms with Crippen molar-refractivity contribution in [2.75, 3.05) is 6.61 Å². The lowest BCUT2D eigenvalue weighted by molar-refractivity contribution is -0.142. The van der Waals surface area contributed by atoms with Gasteiger partial charge in [-0.3, -0.25) is 19.0 Å². The fourth-order valence-electron chi connectivity index (χ4n) is 3.62. The molecule has 3 aromatic rings. The second-order valence-corrected chi connectivity index (χ2v) is 7.85. The summed E-state index contributed by atoms with van der Waals surface area (Å²) in [5.74, 6) is -0.0966. The van der Waals surface area contributed by atoms with E-state index < -0.39 is 5.97 Å². The lowest BCUT2D eigenvalue weighted by atomic mass is 10.0. The molecule has 0 bridgehead atoms. The average molecular weight is 404 g/mol. The number of hydrogen-bond donors (Lipinski definition) is 0. The summed E-state index contributed by atoms with van der Waals surface area (Å²) in [6, 6.07) is 13.0. The van der Waals surface area contributed by atoms with Crippen LogP contribution >= 0.6 is 0 Å². The van der Waals surface area contributed by atoms with Crippen LogP contribution in [0.15, 0.2) is 47.3 Å². The second-order valence-electron chi connectivity index (χ2n) is 7.85. The third kappa shape index (κ3) is 4.17. The predicted octanol–water partition coefficient (Wildman–Crippen LogP) is 3.71. The number of Topliss-reactive ketones (excluding diaryl/α,β-unsaturated/α-hetero) is 1. The van der Waals surface area contributed by atoms with E-state index in [4.69, 9.17) is 4.74 Å². The summed E-state index contributed by atoms with van der Waals surface area (Å²) in [5.41, 5.74) is 2.98. The Hall–Kier alpha value is -3.28. The molecule has 154 valence electrons. The first-order chi connectivity index (χ1) is 14.4. The van der Waals surface area contributed by atoms with E-state index in [9.17, 15) is 14.4 Å². The molecule has 1 fully saturated rings. The van der Waals surface area contributed by atoms with E-state index in [2.05, 4.69) is 4.98 Å². The fraction of sp³-hybridized carbons (Fsp3) is 0.333. The molecular weight excluding hydrogens is 380 g/mol. The molecule has 30 heavy (non-hydrogen) atoms. The summed E-state index contributed by atoms with van der Waals surface area (Å²) in [6.07, 6.45) is 2.26. The first-order valence-corrected chi connectivity index (χ1v) is 10.2. The Balaban J connectivity index is 1.43. The van der Waals surface area contributed by atoms with Crippen LogP contribution in [0.5, 0.6) is 0 Å². The van der Waals surface area contributed by atoms with Crippen LogP contribution < -0.4 is 5.56 Å². The molecule has 0 radical (unpaired) electrons. The Kier molecular flexibility index (Phi) is 5.48. The number of rotatable bonds is 7. The Bertz CT molecular complexity index is 1190. The van der Waals surface area contributed by atoms with Crippen LogP contribution in [0.25, 0.3) is 10.9 Å². The maximum atomic E-state index is 12.9. The minimum absolute atomic E-state index is 0.0587. The molecule has 0 atom stereocenters. The van der Waals surface area contributed by atoms with Crippen molar-refractivity contribution >= 4 is 22.7 Å². The van der Waals surface area contributed by atoms with Crippen molar-refractivity contribution in [3.63, 3.8) is 0 Å². The molecule has 0 spiro atoms. The van der Waals surface area contributed by atoms with Crippen LogP contribution in [-0.2, 0) is 16.0 Å². The van der Waals surface area contributed by atoms with Crippen LogP contribution in [0.4, 0.5) is 0 Å². The summed E-state index contributed by atoms with van der Waals surface area (Å²) in [7, 11) is 0. The molecule has 1 saturated carbocycles. The number of ketones is 1. The Morgan fingerprint density at radius 1 is 1.13 bits per heavy atom. The number of hydrogen-bond acceptors (Lipinski definition) is 5. The van der Waals surface area contributed by atoms with Gasteiger partial charge in [0.25, 0.3) is 5.56 Å². The monoisotopic (exact) mass is 404 g/mol. The van der Waals surface area contributed by atoms with Gasteiger partial charge in [0.05, 0.1) is 17.3 Å². The number of aromatic nitrogens is 2. The lowest BCUT2D eigenvalue weighted by Crippen LogP contribution is -2.25. The molecule has 1 aliphatic rings. The van der Waals surface area contributed by atoms with E-state index in [1.807, 2.05) is 38.1 Å². The van der Waals surface area contributed by atoms with Crippen LogP contribution in [0.1, 0.15) is 52.6 Å². The summed E-state index contributed by atoms with van der Waals surface area (Å²) < 4.78 is 6.92. The maximum absolute atomic E-state index is 12.9. The van der Waals surface area contributed by atoms with E-state index in [0.29, 0.717) is 28.7 Å². The summed E-state index contributed by atoms with van der Waals surface area (Å²) >= 11 is 0. The van der Waals surface area contributed by atoms with Crippen molar-refractivity contribution in [2.24, 2.45) is 0 Å². The zero-order chi connectivity index (χ0) is 21.3. The number of nitrogens with zero attached hydrogens (tertiary/aromatic N) is 2. The highest BCUT2D eigenvalue weighted by atomic mass is 16.5. The molecular formula is C24H24N2O4. The number of carbonyl (C=O) groups is 2. The molecule has 0 saturated heterocycles. The van der Waals surface area contributed by atoms with E-state index in [-0.39, 0.29) is 30.4 Å². The van der Waals surface area contributed by atoms with Crippen molar-refractivity contribution in [2.45, 2.75) is 45.6 Å². The highest BCUT2D eigenvalue weighted by molar-refractivity contribution is 5.99. The van der Waals surface area contributed by atoms with E-state index in [1.165, 1.54) is 0 Å². The number of fused-ring (bicyclic) bond motifs is 1. The van der Waals surface area contributed by atoms with Gasteiger partial charge in [-0.25, -0.2) is 4.98 Å². The molecule has 0 N–H and O–H groups in total. The van der Waals surface area contributed by atoms with Crippen molar-refractivity contribution in [3.8, 4) is 0 Å². The van der Waals surface area contributed by atoms with Gasteiger partial charge >= 0.3 is 5.97 Å². The Morgan fingerprint density at radius 2 is 1.90 bits per heavy atom. The van der Waals surface area contributed by atoms with Crippen LogP contribution in [0.2, 0.25) is 0 Å². The van der Waals surface area contributed by atoms with Crippen molar-refractivity contribution in [1.82, 2.24) is 9.55 Å². The lowest BCUT2D eigenvalue weighted by Gasteiger charge is -2.12. The minimum atomic E-state index is -0.474. The van der Waals surface area contributed by atoms with Crippen LogP contribution in [-0.4, -0.2) is 27.9 Å². The topological polar surface area (TPSA) is 78.3 Å². The molecule has 1 aromatic heterocycles. The number of ether oxygens (including phenoxy) is 1. The number of para-hydroxylation sites is 1. The third-order valence-corrected chi connectivity index (χ3v) is 5.40. The van der Waals surface area contributed by atoms with Gasteiger partial charge in [-0.05, 0) is 50.5 Å². The SMILES string of the molecule is Cc1ccc(C)c(C(=O)COC(=O)CCc2nc3ccccc3c(=O)n2C2CC2)c1. The van der Waals surface area contributed by atoms with Crippen LogP contribution in [0, 0.1) is 13.8 Å². The van der Waals surface area contributed by atoms with Gasteiger partial charge in [-0.15, -0.1) is 0 Å². The third-order valence-electron chi connectivity index (χ3n) is 5.40. The van der Waals surface area contributed by atoms with Crippen LogP contribution in [0.3, 0.4) is 0 Å². The highest BCUT2D eigenvalue weighted by Gasteiger charge is 2.28. The molecule has 4 rings (SSSR count). The number of carbonyl (C=O) groups excluding carboxylic acids is 2. The molecule has 6 nitrogen and oxygen atoms in total. The summed E-state index contributed by atoms with van der Waals surface area (Å²) in [6.45, 7) is 3.49. The smallest absolute Gasteiger partial charge is 0.306 e. The van der Waals surface area contributed by atoms with E-state index in [1.54, 1.807) is 22.8 Å². The Morgan fingerprint density at radius 3 is 2.67 bits per heavy atom. The second kappa shape index (κ2) is 8.22. The normalized spacial score (nSPS) is 13.4. The zero-order valence-electron chi connectivity index (χ0n) is 17.2. The molecule has 0 amide bonds. The van der Waals surface area contributed by atoms with E-state index in [0.717, 1.165) is 24.0 Å². The molecule has 0 aliphatic heterocycles.